The lowest BCUT2D eigenvalue weighted by atomic mass is 9.88. The predicted octanol–water partition coefficient (Wildman–Crippen LogP) is 2.96. The molecule has 0 aliphatic heterocycles. The Morgan fingerprint density at radius 2 is 2.11 bits per heavy atom. The van der Waals surface area contributed by atoms with E-state index in [1.54, 1.807) is 0 Å². The molecule has 1 aromatic carbocycles. The first-order chi connectivity index (χ1) is 9.14. The minimum absolute atomic E-state index is 0.253. The molecule has 0 spiro atoms. The lowest BCUT2D eigenvalue weighted by molar-refractivity contribution is -0.00173. The summed E-state index contributed by atoms with van der Waals surface area (Å²) in [6.07, 6.45) is 4.91. The smallest absolute Gasteiger partial charge is 0.153 e. The van der Waals surface area contributed by atoms with Gasteiger partial charge >= 0.3 is 0 Å². The van der Waals surface area contributed by atoms with Crippen molar-refractivity contribution in [3.63, 3.8) is 0 Å². The summed E-state index contributed by atoms with van der Waals surface area (Å²) in [6, 6.07) is 11.7. The molecule has 0 aromatic heterocycles. The van der Waals surface area contributed by atoms with Gasteiger partial charge in [0.05, 0.1) is 18.8 Å². The molecule has 1 aliphatic carbocycles. The number of rotatable bonds is 4. The predicted molar refractivity (Wildman–Crippen MR) is 75.3 cm³/mol. The minimum atomic E-state index is -1.04. The summed E-state index contributed by atoms with van der Waals surface area (Å²) in [4.78, 5) is 0. The summed E-state index contributed by atoms with van der Waals surface area (Å²) < 4.78 is 5.92. The van der Waals surface area contributed by atoms with Crippen molar-refractivity contribution in [2.75, 3.05) is 6.61 Å². The molecule has 1 saturated carbocycles. The molecule has 2 N–H and O–H groups in total. The Hall–Kier alpha value is -1.37. The largest absolute Gasteiger partial charge is 0.375 e. The van der Waals surface area contributed by atoms with Crippen LogP contribution in [0.3, 0.4) is 0 Å². The van der Waals surface area contributed by atoms with E-state index in [4.69, 9.17) is 10.5 Å². The van der Waals surface area contributed by atoms with E-state index < -0.39 is 5.54 Å². The van der Waals surface area contributed by atoms with Gasteiger partial charge in [-0.2, -0.15) is 5.26 Å². The van der Waals surface area contributed by atoms with Gasteiger partial charge in [-0.25, -0.2) is 0 Å². The van der Waals surface area contributed by atoms with Crippen molar-refractivity contribution < 1.29 is 4.74 Å². The maximum absolute atomic E-state index is 9.37. The van der Waals surface area contributed by atoms with E-state index >= 15 is 0 Å². The highest BCUT2D eigenvalue weighted by Crippen LogP contribution is 2.27. The van der Waals surface area contributed by atoms with Crippen LogP contribution in [0.1, 0.15) is 38.2 Å². The topological polar surface area (TPSA) is 59.0 Å². The molecule has 3 heteroatoms. The van der Waals surface area contributed by atoms with Crippen molar-refractivity contribution in [3.05, 3.63) is 35.9 Å². The molecule has 1 aliphatic rings. The highest BCUT2D eigenvalue weighted by atomic mass is 16.5. The summed E-state index contributed by atoms with van der Waals surface area (Å²) in [5, 5.41) is 9.37. The lowest BCUT2D eigenvalue weighted by Gasteiger charge is -2.30. The second-order valence-electron chi connectivity index (χ2n) is 5.65. The minimum Gasteiger partial charge on any atom is -0.375 e. The number of hydrogen-bond donors (Lipinski definition) is 1. The number of benzene rings is 1. The zero-order chi connectivity index (χ0) is 13.7. The van der Waals surface area contributed by atoms with Gasteiger partial charge in [-0.3, -0.25) is 0 Å². The second-order valence-corrected chi connectivity index (χ2v) is 5.65. The molecule has 3 atom stereocenters. The monoisotopic (exact) mass is 258 g/mol. The molecule has 3 nitrogen and oxygen atoms in total. The summed E-state index contributed by atoms with van der Waals surface area (Å²) in [5.41, 5.74) is 5.97. The zero-order valence-corrected chi connectivity index (χ0v) is 11.5. The fraction of sp³-hybridized carbons (Fsp3) is 0.562. The molecule has 1 aromatic rings. The van der Waals surface area contributed by atoms with E-state index in [-0.39, 0.29) is 12.7 Å². The summed E-state index contributed by atoms with van der Waals surface area (Å²) in [7, 11) is 0. The molecule has 0 saturated heterocycles. The average molecular weight is 258 g/mol. The van der Waals surface area contributed by atoms with Crippen LogP contribution >= 0.6 is 0 Å². The van der Waals surface area contributed by atoms with Gasteiger partial charge in [0, 0.05) is 0 Å². The van der Waals surface area contributed by atoms with Crippen LogP contribution in [-0.4, -0.2) is 12.7 Å². The van der Waals surface area contributed by atoms with Gasteiger partial charge in [0.1, 0.15) is 0 Å². The van der Waals surface area contributed by atoms with Crippen LogP contribution in [0, 0.1) is 17.2 Å². The van der Waals surface area contributed by atoms with Crippen molar-refractivity contribution >= 4 is 0 Å². The molecule has 1 fully saturated rings. The molecule has 19 heavy (non-hydrogen) atoms. The number of hydrogen-bond acceptors (Lipinski definition) is 3. The molecular weight excluding hydrogens is 236 g/mol. The van der Waals surface area contributed by atoms with E-state index in [2.05, 4.69) is 13.0 Å². The number of nitrogens with two attached hydrogens (primary N) is 1. The Morgan fingerprint density at radius 1 is 1.37 bits per heavy atom. The van der Waals surface area contributed by atoms with Gasteiger partial charge < -0.3 is 10.5 Å². The summed E-state index contributed by atoms with van der Waals surface area (Å²) >= 11 is 0. The second kappa shape index (κ2) is 6.18. The highest BCUT2D eigenvalue weighted by Gasteiger charge is 2.30. The van der Waals surface area contributed by atoms with Crippen molar-refractivity contribution in [2.24, 2.45) is 11.7 Å². The van der Waals surface area contributed by atoms with Crippen molar-refractivity contribution in [2.45, 2.75) is 44.2 Å². The van der Waals surface area contributed by atoms with E-state index in [0.29, 0.717) is 5.92 Å². The van der Waals surface area contributed by atoms with E-state index in [1.807, 2.05) is 30.3 Å². The highest BCUT2D eigenvalue weighted by molar-refractivity contribution is 5.30. The summed E-state index contributed by atoms with van der Waals surface area (Å²) in [5.74, 6) is 0.713. The fourth-order valence-corrected chi connectivity index (χ4v) is 2.69. The Morgan fingerprint density at radius 3 is 2.74 bits per heavy atom. The SMILES string of the molecule is CC1CCCC(OCC(N)(C#N)c2ccccc2)C1. The molecule has 102 valence electrons. The molecule has 2 rings (SSSR count). The van der Waals surface area contributed by atoms with Gasteiger partial charge in [-0.05, 0) is 24.3 Å². The van der Waals surface area contributed by atoms with Crippen LogP contribution in [-0.2, 0) is 10.3 Å². The van der Waals surface area contributed by atoms with E-state index in [9.17, 15) is 5.26 Å². The van der Waals surface area contributed by atoms with Gasteiger partial charge in [-0.15, -0.1) is 0 Å². The maximum atomic E-state index is 9.37. The third-order valence-corrected chi connectivity index (χ3v) is 3.92. The van der Waals surface area contributed by atoms with Crippen LogP contribution in [0.2, 0.25) is 0 Å². The van der Waals surface area contributed by atoms with Crippen molar-refractivity contribution in [1.82, 2.24) is 0 Å². The van der Waals surface area contributed by atoms with Gasteiger partial charge in [0.15, 0.2) is 5.54 Å². The van der Waals surface area contributed by atoms with Crippen LogP contribution < -0.4 is 5.73 Å². The zero-order valence-electron chi connectivity index (χ0n) is 11.5. The van der Waals surface area contributed by atoms with Crippen LogP contribution in [0.4, 0.5) is 0 Å². The van der Waals surface area contributed by atoms with Crippen LogP contribution in [0.25, 0.3) is 0 Å². The van der Waals surface area contributed by atoms with Crippen molar-refractivity contribution in [3.8, 4) is 6.07 Å². The maximum Gasteiger partial charge on any atom is 0.153 e. The number of nitrogens with zero attached hydrogens (tertiary/aromatic N) is 1. The van der Waals surface area contributed by atoms with Gasteiger partial charge in [-0.1, -0.05) is 50.1 Å². The normalized spacial score (nSPS) is 26.4. The van der Waals surface area contributed by atoms with Gasteiger partial charge in [0.2, 0.25) is 0 Å². The molecule has 0 amide bonds. The Kier molecular flexibility index (Phi) is 4.57. The third-order valence-electron chi connectivity index (χ3n) is 3.92. The number of nitriles is 1. The fourth-order valence-electron chi connectivity index (χ4n) is 2.69. The average Bonchev–Trinajstić information content (AvgIpc) is 2.46. The van der Waals surface area contributed by atoms with Crippen LogP contribution in [0.5, 0.6) is 0 Å². The first-order valence-electron chi connectivity index (χ1n) is 7.01. The molecule has 0 heterocycles. The quantitative estimate of drug-likeness (QED) is 0.903. The standard InChI is InChI=1S/C16H22N2O/c1-13-6-5-9-15(10-13)19-12-16(18,11-17)14-7-3-2-4-8-14/h2-4,7-8,13,15H,5-6,9-10,12,18H2,1H3. The Balaban J connectivity index is 1.98. The van der Waals surface area contributed by atoms with Crippen LogP contribution in [0.15, 0.2) is 30.3 Å². The van der Waals surface area contributed by atoms with E-state index in [0.717, 1.165) is 18.4 Å². The van der Waals surface area contributed by atoms with Gasteiger partial charge in [0.25, 0.3) is 0 Å². The third kappa shape index (κ3) is 3.56. The first kappa shape index (κ1) is 14.0. The summed E-state index contributed by atoms with van der Waals surface area (Å²) in [6.45, 7) is 2.53. The molecular formula is C16H22N2O. The Labute approximate surface area is 115 Å². The first-order valence-corrected chi connectivity index (χ1v) is 7.01. The van der Waals surface area contributed by atoms with E-state index in [1.165, 1.54) is 12.8 Å². The molecule has 3 unspecified atom stereocenters. The number of ether oxygens (including phenoxy) is 1. The molecule has 0 radical (unpaired) electrons. The molecule has 0 bridgehead atoms. The Bertz CT molecular complexity index is 440. The van der Waals surface area contributed by atoms with Crippen molar-refractivity contribution in [1.29, 1.82) is 5.26 Å². The lowest BCUT2D eigenvalue weighted by Crippen LogP contribution is -2.41.